The van der Waals surface area contributed by atoms with E-state index < -0.39 is 25.2 Å². The van der Waals surface area contributed by atoms with Gasteiger partial charge in [-0.25, -0.2) is 14.6 Å². The van der Waals surface area contributed by atoms with Crippen LogP contribution >= 0.6 is 18.5 Å². The standard InChI is InChI=1S/C22H29N3O3S.C3H9OP/c1-15(2)19(21(26)27)24-22(28)25(12-8-11-17-9-6-5-7-10-17)13-18-14-29-20(23-18)16(3)4;1-5(2,3)4/h5-11,14-16,19H,12-13H2,1-4H3,(H,24,28)(H,26,27);1-3H3/b11-8+;/t19-;/m0./s1. The van der Waals surface area contributed by atoms with Crippen LogP contribution in [0.1, 0.15) is 49.9 Å². The molecule has 0 unspecified atom stereocenters. The van der Waals surface area contributed by atoms with Gasteiger partial charge in [0.1, 0.15) is 6.04 Å². The van der Waals surface area contributed by atoms with Crippen molar-refractivity contribution in [1.82, 2.24) is 15.2 Å². The summed E-state index contributed by atoms with van der Waals surface area (Å²) in [7, 11) is -1.64. The van der Waals surface area contributed by atoms with Gasteiger partial charge in [-0.1, -0.05) is 70.2 Å². The number of carbonyl (C=O) groups is 2. The minimum absolute atomic E-state index is 0.218. The number of benzene rings is 1. The number of nitrogens with zero attached hydrogens (tertiary/aromatic N) is 2. The topological polar surface area (TPSA) is 99.6 Å². The van der Waals surface area contributed by atoms with Crippen LogP contribution in [0.25, 0.3) is 6.08 Å². The number of urea groups is 1. The molecule has 1 aromatic carbocycles. The maximum atomic E-state index is 12.8. The first-order chi connectivity index (χ1) is 15.8. The van der Waals surface area contributed by atoms with Crippen LogP contribution in [0.3, 0.4) is 0 Å². The lowest BCUT2D eigenvalue weighted by molar-refractivity contribution is -0.140. The number of amides is 2. The SMILES string of the molecule is CC(C)c1nc(CN(C/C=C/c2ccccc2)C(=O)N[C@H](C(=O)O)C(C)C)cs1.CP(C)(C)=O. The van der Waals surface area contributed by atoms with Crippen LogP contribution in [0.4, 0.5) is 4.79 Å². The molecule has 1 atom stereocenters. The molecular weight excluding hydrogens is 469 g/mol. The smallest absolute Gasteiger partial charge is 0.326 e. The van der Waals surface area contributed by atoms with Crippen LogP contribution in [0, 0.1) is 5.92 Å². The first-order valence-corrected chi connectivity index (χ1v) is 15.2. The van der Waals surface area contributed by atoms with Gasteiger partial charge < -0.3 is 19.9 Å². The number of carboxylic acid groups (broad SMARTS) is 1. The van der Waals surface area contributed by atoms with Crippen LogP contribution in [-0.4, -0.2) is 59.6 Å². The maximum absolute atomic E-state index is 12.8. The number of carboxylic acids is 1. The van der Waals surface area contributed by atoms with Crippen LogP contribution in [0.2, 0.25) is 0 Å². The molecule has 0 radical (unpaired) electrons. The van der Waals surface area contributed by atoms with Crippen molar-refractivity contribution >= 4 is 36.6 Å². The molecular formula is C25H38N3O4PS. The number of aromatic nitrogens is 1. The molecule has 34 heavy (non-hydrogen) atoms. The van der Waals surface area contributed by atoms with E-state index in [0.29, 0.717) is 19.0 Å². The minimum Gasteiger partial charge on any atom is -0.480 e. The molecule has 2 rings (SSSR count). The third kappa shape index (κ3) is 12.1. The fourth-order valence-electron chi connectivity index (χ4n) is 2.69. The first kappa shape index (κ1) is 29.6. The number of hydrogen-bond donors (Lipinski definition) is 2. The zero-order chi connectivity index (χ0) is 25.9. The molecule has 0 bridgehead atoms. The molecule has 0 saturated heterocycles. The Morgan fingerprint density at radius 1 is 1.15 bits per heavy atom. The molecule has 0 aliphatic carbocycles. The quantitative estimate of drug-likeness (QED) is 0.416. The normalized spacial score (nSPS) is 12.4. The lowest BCUT2D eigenvalue weighted by Crippen LogP contribution is -2.50. The molecule has 0 fully saturated rings. The molecule has 0 spiro atoms. The number of hydrogen-bond acceptors (Lipinski definition) is 5. The number of aliphatic carboxylic acids is 1. The summed E-state index contributed by atoms with van der Waals surface area (Å²) in [6, 6.07) is 8.46. The van der Waals surface area contributed by atoms with Crippen LogP contribution < -0.4 is 5.32 Å². The van der Waals surface area contributed by atoms with E-state index in [1.54, 1.807) is 50.1 Å². The second-order valence-electron chi connectivity index (χ2n) is 9.42. The predicted octanol–water partition coefficient (Wildman–Crippen LogP) is 5.84. The highest BCUT2D eigenvalue weighted by Crippen LogP contribution is 2.28. The fourth-order valence-corrected chi connectivity index (χ4v) is 3.52. The second-order valence-corrected chi connectivity index (χ2v) is 14.1. The lowest BCUT2D eigenvalue weighted by atomic mass is 10.1. The summed E-state index contributed by atoms with van der Waals surface area (Å²) in [5.41, 5.74) is 1.84. The summed E-state index contributed by atoms with van der Waals surface area (Å²) in [5.74, 6) is -0.930. The van der Waals surface area contributed by atoms with E-state index in [1.807, 2.05) is 47.9 Å². The van der Waals surface area contributed by atoms with Crippen LogP contribution in [0.5, 0.6) is 0 Å². The van der Waals surface area contributed by atoms with Crippen molar-refractivity contribution in [3.8, 4) is 0 Å². The van der Waals surface area contributed by atoms with Gasteiger partial charge in [-0.3, -0.25) is 0 Å². The van der Waals surface area contributed by atoms with Crippen molar-refractivity contribution in [2.45, 2.75) is 46.2 Å². The fraction of sp³-hybridized carbons (Fsp3) is 0.480. The molecule has 188 valence electrons. The van der Waals surface area contributed by atoms with Crippen molar-refractivity contribution in [2.24, 2.45) is 5.92 Å². The Morgan fingerprint density at radius 2 is 1.74 bits per heavy atom. The summed E-state index contributed by atoms with van der Waals surface area (Å²) in [5, 5.41) is 15.0. The van der Waals surface area contributed by atoms with Gasteiger partial charge in [-0.05, 0) is 31.5 Å². The van der Waals surface area contributed by atoms with Gasteiger partial charge in [0, 0.05) is 17.8 Å². The van der Waals surface area contributed by atoms with Gasteiger partial charge in [-0.2, -0.15) is 0 Å². The summed E-state index contributed by atoms with van der Waals surface area (Å²) < 4.78 is 10.2. The summed E-state index contributed by atoms with van der Waals surface area (Å²) in [4.78, 5) is 30.5. The third-order valence-electron chi connectivity index (χ3n) is 4.35. The highest BCUT2D eigenvalue weighted by atomic mass is 32.1. The largest absolute Gasteiger partial charge is 0.480 e. The van der Waals surface area contributed by atoms with Gasteiger partial charge in [0.05, 0.1) is 24.4 Å². The van der Waals surface area contributed by atoms with Crippen molar-refractivity contribution in [3.05, 3.63) is 58.1 Å². The van der Waals surface area contributed by atoms with E-state index in [-0.39, 0.29) is 5.92 Å². The molecule has 2 amide bonds. The first-order valence-electron chi connectivity index (χ1n) is 11.2. The van der Waals surface area contributed by atoms with Crippen LogP contribution in [0.15, 0.2) is 41.8 Å². The Morgan fingerprint density at radius 3 is 2.21 bits per heavy atom. The van der Waals surface area contributed by atoms with Crippen molar-refractivity contribution in [1.29, 1.82) is 0 Å². The Kier molecular flexibility index (Phi) is 12.2. The van der Waals surface area contributed by atoms with E-state index >= 15 is 0 Å². The molecule has 1 aromatic heterocycles. The number of nitrogens with one attached hydrogen (secondary N) is 1. The van der Waals surface area contributed by atoms with Crippen molar-refractivity contribution < 1.29 is 19.3 Å². The Balaban J connectivity index is 0.00000104. The Labute approximate surface area is 207 Å². The van der Waals surface area contributed by atoms with Gasteiger partial charge in [0.15, 0.2) is 0 Å². The summed E-state index contributed by atoms with van der Waals surface area (Å²) in [6.07, 6.45) is 3.84. The average Bonchev–Trinajstić information content (AvgIpc) is 3.19. The van der Waals surface area contributed by atoms with E-state index in [1.165, 1.54) is 0 Å². The number of thiazole rings is 1. The minimum atomic E-state index is -1.64. The third-order valence-corrected chi connectivity index (χ3v) is 5.54. The average molecular weight is 508 g/mol. The second kappa shape index (κ2) is 14.1. The van der Waals surface area contributed by atoms with Crippen molar-refractivity contribution in [3.63, 3.8) is 0 Å². The molecule has 1 heterocycles. The highest BCUT2D eigenvalue weighted by Gasteiger charge is 2.26. The summed E-state index contributed by atoms with van der Waals surface area (Å²) >= 11 is 1.57. The van der Waals surface area contributed by atoms with Gasteiger partial charge in [-0.15, -0.1) is 11.3 Å². The van der Waals surface area contributed by atoms with Gasteiger partial charge in [0.25, 0.3) is 0 Å². The highest BCUT2D eigenvalue weighted by molar-refractivity contribution is 7.61. The van der Waals surface area contributed by atoms with Crippen LogP contribution in [-0.2, 0) is 15.9 Å². The lowest BCUT2D eigenvalue weighted by Gasteiger charge is -2.25. The maximum Gasteiger partial charge on any atom is 0.326 e. The number of carbonyl (C=O) groups excluding carboxylic acids is 1. The van der Waals surface area contributed by atoms with Gasteiger partial charge in [0.2, 0.25) is 0 Å². The molecule has 2 aromatic rings. The Hall–Kier alpha value is -2.44. The molecule has 0 saturated carbocycles. The molecule has 0 aliphatic heterocycles. The zero-order valence-electron chi connectivity index (χ0n) is 21.2. The van der Waals surface area contributed by atoms with Gasteiger partial charge >= 0.3 is 12.0 Å². The number of rotatable bonds is 9. The molecule has 2 N–H and O–H groups in total. The monoisotopic (exact) mass is 507 g/mol. The zero-order valence-corrected chi connectivity index (χ0v) is 22.9. The van der Waals surface area contributed by atoms with Crippen molar-refractivity contribution in [2.75, 3.05) is 26.5 Å². The summed E-state index contributed by atoms with van der Waals surface area (Å²) in [6.45, 7) is 13.6. The molecule has 0 aliphatic rings. The van der Waals surface area contributed by atoms with E-state index in [9.17, 15) is 19.3 Å². The molecule has 9 heteroatoms. The van der Waals surface area contributed by atoms with E-state index in [4.69, 9.17) is 0 Å². The van der Waals surface area contributed by atoms with E-state index in [2.05, 4.69) is 24.1 Å². The molecule has 7 nitrogen and oxygen atoms in total. The predicted molar refractivity (Wildman–Crippen MR) is 142 cm³/mol. The Bertz CT molecular complexity index is 975. The van der Waals surface area contributed by atoms with E-state index in [0.717, 1.165) is 16.3 Å².